The number of nitrogens with zero attached hydrogens (tertiary/aromatic N) is 4. The maximum absolute atomic E-state index is 14.7. The van der Waals surface area contributed by atoms with Gasteiger partial charge in [-0.3, -0.25) is 9.78 Å². The Morgan fingerprint density at radius 1 is 1.21 bits per heavy atom. The number of benzene rings is 1. The monoisotopic (exact) mass is 533 g/mol. The average molecular weight is 534 g/mol. The number of rotatable bonds is 11. The van der Waals surface area contributed by atoms with Crippen LogP contribution in [0.3, 0.4) is 0 Å². The summed E-state index contributed by atoms with van der Waals surface area (Å²) in [6.45, 7) is 10.9. The van der Waals surface area contributed by atoms with E-state index in [1.54, 1.807) is 20.0 Å². The van der Waals surface area contributed by atoms with Gasteiger partial charge in [0.25, 0.3) is 5.91 Å². The number of amides is 1. The highest BCUT2D eigenvalue weighted by molar-refractivity contribution is 5.95. The highest BCUT2D eigenvalue weighted by atomic mass is 19.1. The Labute approximate surface area is 231 Å². The summed E-state index contributed by atoms with van der Waals surface area (Å²) in [6.07, 6.45) is 7.10. The van der Waals surface area contributed by atoms with Gasteiger partial charge in [0.1, 0.15) is 5.75 Å². The molecule has 1 aliphatic heterocycles. The number of hydrogen-bond donors (Lipinski definition) is 1. The molecule has 1 aliphatic rings. The highest BCUT2D eigenvalue weighted by Crippen LogP contribution is 2.29. The zero-order chi connectivity index (χ0) is 27.9. The third kappa shape index (κ3) is 6.92. The molecule has 0 radical (unpaired) electrons. The number of nitrogens with two attached hydrogens (primary N) is 1. The summed E-state index contributed by atoms with van der Waals surface area (Å²) in [6, 6.07) is 13.1. The Morgan fingerprint density at radius 3 is 2.54 bits per heavy atom. The smallest absolute Gasteiger partial charge is 0.250 e. The van der Waals surface area contributed by atoms with Crippen LogP contribution >= 0.6 is 0 Å². The van der Waals surface area contributed by atoms with E-state index in [0.717, 1.165) is 44.6 Å². The van der Waals surface area contributed by atoms with Gasteiger partial charge < -0.3 is 20.3 Å². The first kappa shape index (κ1) is 28.5. The van der Waals surface area contributed by atoms with Crippen molar-refractivity contribution in [2.75, 3.05) is 24.6 Å². The number of aryl methyl sites for hydroxylation is 1. The second kappa shape index (κ2) is 13.0. The van der Waals surface area contributed by atoms with Crippen LogP contribution in [-0.2, 0) is 13.0 Å². The third-order valence-electron chi connectivity index (χ3n) is 7.88. The standard InChI is InChI=1S/C31H40FN5O2/c1-5-39-27-11-9-25(10-12-27)37(20-24-7-6-16-34-19-24)26-14-17-36(18-15-26)21(2)8-13-28-22(3)29(31(33)38)23(4)35-30(28)32/h6-7,9-12,16,19,21,26H,5,8,13-15,17-18,20H2,1-4H3,(H2,33,38)/t21-/m1/s1. The molecule has 3 heterocycles. The average Bonchev–Trinajstić information content (AvgIpc) is 2.92. The van der Waals surface area contributed by atoms with Crippen molar-refractivity contribution >= 4 is 11.6 Å². The van der Waals surface area contributed by atoms with E-state index in [2.05, 4.69) is 44.9 Å². The van der Waals surface area contributed by atoms with Gasteiger partial charge >= 0.3 is 0 Å². The van der Waals surface area contributed by atoms with Gasteiger partial charge in [-0.2, -0.15) is 4.39 Å². The number of piperidine rings is 1. The van der Waals surface area contributed by atoms with Crippen LogP contribution in [0.5, 0.6) is 5.75 Å². The molecule has 1 atom stereocenters. The minimum Gasteiger partial charge on any atom is -0.494 e. The lowest BCUT2D eigenvalue weighted by Gasteiger charge is -2.42. The second-order valence-electron chi connectivity index (χ2n) is 10.4. The number of halogens is 1. The first-order valence-corrected chi connectivity index (χ1v) is 13.9. The maximum atomic E-state index is 14.7. The van der Waals surface area contributed by atoms with Crippen molar-refractivity contribution in [1.29, 1.82) is 0 Å². The molecule has 7 nitrogen and oxygen atoms in total. The summed E-state index contributed by atoms with van der Waals surface area (Å²) in [5.74, 6) is -0.177. The van der Waals surface area contributed by atoms with Crippen molar-refractivity contribution in [2.45, 2.75) is 72.0 Å². The van der Waals surface area contributed by atoms with Crippen molar-refractivity contribution in [3.05, 3.63) is 82.7 Å². The fourth-order valence-corrected chi connectivity index (χ4v) is 5.70. The van der Waals surface area contributed by atoms with E-state index in [-0.39, 0.29) is 6.04 Å². The number of anilines is 1. The lowest BCUT2D eigenvalue weighted by molar-refractivity contribution is 0.0998. The highest BCUT2D eigenvalue weighted by Gasteiger charge is 2.28. The Hall–Kier alpha value is -3.52. The largest absolute Gasteiger partial charge is 0.494 e. The van der Waals surface area contributed by atoms with Crippen molar-refractivity contribution < 1.29 is 13.9 Å². The Balaban J connectivity index is 1.41. The van der Waals surface area contributed by atoms with E-state index in [4.69, 9.17) is 10.5 Å². The normalized spacial score (nSPS) is 15.2. The molecule has 0 aliphatic carbocycles. The van der Waals surface area contributed by atoms with Crippen LogP contribution in [0.25, 0.3) is 0 Å². The molecular formula is C31H40FN5O2. The van der Waals surface area contributed by atoms with E-state index in [1.165, 1.54) is 11.3 Å². The van der Waals surface area contributed by atoms with Crippen molar-refractivity contribution in [1.82, 2.24) is 14.9 Å². The molecule has 3 aromatic rings. The van der Waals surface area contributed by atoms with Gasteiger partial charge in [-0.25, -0.2) is 4.98 Å². The molecule has 0 saturated carbocycles. The quantitative estimate of drug-likeness (QED) is 0.340. The van der Waals surface area contributed by atoms with Gasteiger partial charge in [0.15, 0.2) is 0 Å². The molecule has 8 heteroatoms. The molecule has 0 spiro atoms. The minimum absolute atomic E-state index is 0.278. The zero-order valence-electron chi connectivity index (χ0n) is 23.5. The third-order valence-corrected chi connectivity index (χ3v) is 7.88. The predicted octanol–water partition coefficient (Wildman–Crippen LogP) is 5.22. The summed E-state index contributed by atoms with van der Waals surface area (Å²) in [4.78, 5) is 25.1. The van der Waals surface area contributed by atoms with Crippen LogP contribution in [-0.4, -0.2) is 52.6 Å². The molecule has 1 fully saturated rings. The fourth-order valence-electron chi connectivity index (χ4n) is 5.70. The SMILES string of the molecule is CCOc1ccc(N(Cc2cccnc2)C2CCN([C@H](C)CCc3c(F)nc(C)c(C(N)=O)c3C)CC2)cc1. The summed E-state index contributed by atoms with van der Waals surface area (Å²) < 4.78 is 20.4. The predicted molar refractivity (Wildman–Crippen MR) is 153 cm³/mol. The topological polar surface area (TPSA) is 84.6 Å². The van der Waals surface area contributed by atoms with Gasteiger partial charge in [-0.15, -0.1) is 0 Å². The van der Waals surface area contributed by atoms with Gasteiger partial charge in [-0.05, 0) is 94.8 Å². The number of pyridine rings is 2. The Bertz CT molecular complexity index is 1240. The number of carbonyl (C=O) groups is 1. The summed E-state index contributed by atoms with van der Waals surface area (Å²) in [7, 11) is 0. The lowest BCUT2D eigenvalue weighted by atomic mass is 9.95. The fraction of sp³-hybridized carbons (Fsp3) is 0.452. The zero-order valence-corrected chi connectivity index (χ0v) is 23.5. The second-order valence-corrected chi connectivity index (χ2v) is 10.4. The summed E-state index contributed by atoms with van der Waals surface area (Å²) in [5, 5.41) is 0. The molecule has 1 amide bonds. The van der Waals surface area contributed by atoms with Crippen LogP contribution in [0.1, 0.15) is 65.9 Å². The molecule has 208 valence electrons. The molecule has 4 rings (SSSR count). The number of ether oxygens (including phenoxy) is 1. The van der Waals surface area contributed by atoms with E-state index < -0.39 is 11.9 Å². The first-order chi connectivity index (χ1) is 18.8. The van der Waals surface area contributed by atoms with Gasteiger partial charge in [0.2, 0.25) is 5.95 Å². The van der Waals surface area contributed by atoms with Crippen LogP contribution < -0.4 is 15.4 Å². The van der Waals surface area contributed by atoms with Gasteiger partial charge in [-0.1, -0.05) is 6.07 Å². The van der Waals surface area contributed by atoms with Crippen LogP contribution in [0.2, 0.25) is 0 Å². The lowest BCUT2D eigenvalue weighted by Crippen LogP contribution is -2.47. The van der Waals surface area contributed by atoms with Crippen LogP contribution in [0.4, 0.5) is 10.1 Å². The molecular weight excluding hydrogens is 493 g/mol. The Kier molecular flexibility index (Phi) is 9.51. The van der Waals surface area contributed by atoms with Gasteiger partial charge in [0, 0.05) is 55.4 Å². The number of primary amides is 1. The van der Waals surface area contributed by atoms with E-state index in [0.29, 0.717) is 41.5 Å². The minimum atomic E-state index is -0.558. The van der Waals surface area contributed by atoms with Crippen LogP contribution in [0, 0.1) is 19.8 Å². The van der Waals surface area contributed by atoms with Crippen molar-refractivity contribution in [3.63, 3.8) is 0 Å². The summed E-state index contributed by atoms with van der Waals surface area (Å²) >= 11 is 0. The van der Waals surface area contributed by atoms with Gasteiger partial charge in [0.05, 0.1) is 17.9 Å². The first-order valence-electron chi connectivity index (χ1n) is 13.9. The molecule has 2 aromatic heterocycles. The molecule has 1 saturated heterocycles. The number of carbonyl (C=O) groups excluding carboxylic acids is 1. The molecule has 0 unspecified atom stereocenters. The van der Waals surface area contributed by atoms with Crippen molar-refractivity contribution in [3.8, 4) is 5.75 Å². The summed E-state index contributed by atoms with van der Waals surface area (Å²) in [5.41, 5.74) is 9.68. The molecule has 2 N–H and O–H groups in total. The van der Waals surface area contributed by atoms with E-state index in [1.807, 2.05) is 31.3 Å². The molecule has 1 aromatic carbocycles. The van der Waals surface area contributed by atoms with Crippen LogP contribution in [0.15, 0.2) is 48.8 Å². The molecule has 0 bridgehead atoms. The van der Waals surface area contributed by atoms with E-state index in [9.17, 15) is 9.18 Å². The number of hydrogen-bond acceptors (Lipinski definition) is 6. The maximum Gasteiger partial charge on any atom is 0.250 e. The Morgan fingerprint density at radius 2 is 1.92 bits per heavy atom. The van der Waals surface area contributed by atoms with E-state index >= 15 is 0 Å². The molecule has 39 heavy (non-hydrogen) atoms. The number of likely N-dealkylation sites (tertiary alicyclic amines) is 1. The van der Waals surface area contributed by atoms with Crippen molar-refractivity contribution in [2.24, 2.45) is 5.73 Å². The number of aromatic nitrogens is 2.